The van der Waals surface area contributed by atoms with Crippen molar-refractivity contribution in [3.05, 3.63) is 71.8 Å². The van der Waals surface area contributed by atoms with Crippen LogP contribution < -0.4 is 23.5 Å². The first-order valence-corrected chi connectivity index (χ1v) is 11.9. The fraction of sp³-hybridized carbons (Fsp3) is 0.296. The molecule has 2 aromatic carbocycles. The van der Waals surface area contributed by atoms with Gasteiger partial charge in [0.1, 0.15) is 42.9 Å². The number of aromatic amines is 1. The van der Waals surface area contributed by atoms with Gasteiger partial charge in [-0.1, -0.05) is 0 Å². The lowest BCUT2D eigenvalue weighted by atomic mass is 9.94. The SMILES string of the molecule is COc1ccc(OC)c(C2C(=C(O)c3ccc4c(c3)OCCO4)C(=O)C(=O)N2CCC[n+]2cc[nH]c2)c1. The molecule has 0 saturated carbocycles. The van der Waals surface area contributed by atoms with Crippen molar-refractivity contribution >= 4 is 17.4 Å². The first-order valence-electron chi connectivity index (χ1n) is 11.9. The lowest BCUT2D eigenvalue weighted by Gasteiger charge is -2.27. The average Bonchev–Trinajstić information content (AvgIpc) is 3.54. The molecular weight excluding hydrogens is 478 g/mol. The maximum Gasteiger partial charge on any atom is 0.295 e. The van der Waals surface area contributed by atoms with Crippen molar-refractivity contribution in [1.82, 2.24) is 9.88 Å². The van der Waals surface area contributed by atoms with Crippen LogP contribution in [0.25, 0.3) is 5.76 Å². The largest absolute Gasteiger partial charge is 0.507 e. The lowest BCUT2D eigenvalue weighted by molar-refractivity contribution is -0.695. The van der Waals surface area contributed by atoms with E-state index >= 15 is 0 Å². The van der Waals surface area contributed by atoms with E-state index in [4.69, 9.17) is 18.9 Å². The van der Waals surface area contributed by atoms with Gasteiger partial charge in [0.05, 0.1) is 32.4 Å². The number of hydrogen-bond acceptors (Lipinski definition) is 7. The van der Waals surface area contributed by atoms with Crippen LogP contribution in [0.3, 0.4) is 0 Å². The van der Waals surface area contributed by atoms with Crippen molar-refractivity contribution in [1.29, 1.82) is 0 Å². The smallest absolute Gasteiger partial charge is 0.295 e. The number of amides is 1. The van der Waals surface area contributed by atoms with E-state index in [1.54, 1.807) is 42.6 Å². The van der Waals surface area contributed by atoms with E-state index in [1.165, 1.54) is 19.1 Å². The van der Waals surface area contributed by atoms with Crippen molar-refractivity contribution in [3.8, 4) is 23.0 Å². The highest BCUT2D eigenvalue weighted by Gasteiger charge is 2.47. The molecule has 3 aromatic rings. The summed E-state index contributed by atoms with van der Waals surface area (Å²) in [5.41, 5.74) is 0.856. The molecule has 2 N–H and O–H groups in total. The maximum atomic E-state index is 13.4. The molecule has 0 bridgehead atoms. The highest BCUT2D eigenvalue weighted by molar-refractivity contribution is 6.46. The Balaban J connectivity index is 1.60. The Morgan fingerprint density at radius 1 is 1.11 bits per heavy atom. The van der Waals surface area contributed by atoms with E-state index in [2.05, 4.69) is 4.98 Å². The van der Waals surface area contributed by atoms with Gasteiger partial charge in [-0.25, -0.2) is 4.57 Å². The van der Waals surface area contributed by atoms with Crippen LogP contribution in [-0.4, -0.2) is 60.7 Å². The number of nitrogens with zero attached hydrogens (tertiary/aromatic N) is 2. The molecule has 1 unspecified atom stereocenters. The van der Waals surface area contributed by atoms with Crippen LogP contribution in [0.1, 0.15) is 23.6 Å². The van der Waals surface area contributed by atoms with Crippen molar-refractivity contribution in [2.24, 2.45) is 0 Å². The Morgan fingerprint density at radius 3 is 2.65 bits per heavy atom. The zero-order valence-electron chi connectivity index (χ0n) is 20.6. The van der Waals surface area contributed by atoms with Gasteiger partial charge in [-0.3, -0.25) is 14.6 Å². The summed E-state index contributed by atoms with van der Waals surface area (Å²) >= 11 is 0. The van der Waals surface area contributed by atoms with Gasteiger partial charge >= 0.3 is 0 Å². The molecule has 10 heteroatoms. The number of aryl methyl sites for hydroxylation is 1. The quantitative estimate of drug-likeness (QED) is 0.209. The highest BCUT2D eigenvalue weighted by atomic mass is 16.6. The van der Waals surface area contributed by atoms with E-state index in [1.807, 2.05) is 17.1 Å². The molecule has 3 heterocycles. The fourth-order valence-electron chi connectivity index (χ4n) is 4.72. The molecule has 1 atom stereocenters. The van der Waals surface area contributed by atoms with Crippen molar-refractivity contribution < 1.29 is 38.2 Å². The van der Waals surface area contributed by atoms with Crippen LogP contribution in [0, 0.1) is 0 Å². The molecule has 1 aromatic heterocycles. The van der Waals surface area contributed by atoms with Gasteiger partial charge in [0.15, 0.2) is 11.5 Å². The zero-order chi connectivity index (χ0) is 25.9. The molecule has 0 aliphatic carbocycles. The van der Waals surface area contributed by atoms with Crippen molar-refractivity contribution in [2.75, 3.05) is 34.0 Å². The number of ether oxygens (including phenoxy) is 4. The van der Waals surface area contributed by atoms with Gasteiger partial charge < -0.3 is 29.0 Å². The molecular formula is C27H28N3O7+. The number of aliphatic hydroxyl groups is 1. The molecule has 0 spiro atoms. The summed E-state index contributed by atoms with van der Waals surface area (Å²) in [7, 11) is 3.05. The Bertz CT molecular complexity index is 1350. The third-order valence-corrected chi connectivity index (χ3v) is 6.50. The second-order valence-electron chi connectivity index (χ2n) is 8.66. The second-order valence-corrected chi connectivity index (χ2v) is 8.66. The number of likely N-dealkylation sites (tertiary alicyclic amines) is 1. The number of methoxy groups -OCH3 is 2. The minimum Gasteiger partial charge on any atom is -0.507 e. The average molecular weight is 507 g/mol. The summed E-state index contributed by atoms with van der Waals surface area (Å²) in [6, 6.07) is 9.22. The van der Waals surface area contributed by atoms with E-state index in [0.717, 1.165) is 0 Å². The first kappa shape index (κ1) is 24.2. The molecule has 1 saturated heterocycles. The van der Waals surface area contributed by atoms with Gasteiger partial charge in [-0.2, -0.15) is 0 Å². The number of benzene rings is 2. The van der Waals surface area contributed by atoms with Gasteiger partial charge in [0.25, 0.3) is 11.7 Å². The number of Topliss-reactive ketones (excluding diaryl/α,β-unsaturated/α-hetero) is 1. The molecule has 1 amide bonds. The van der Waals surface area contributed by atoms with Crippen molar-refractivity contribution in [3.63, 3.8) is 0 Å². The standard InChI is InChI=1S/C27H27N3O7/c1-34-18-5-7-20(35-2)19(15-18)24-23(25(31)17-4-6-21-22(14-17)37-13-12-36-21)26(32)27(33)30(24)10-3-9-29-11-8-28-16-29/h4-8,11,14-16,24H,3,9-10,12-13H2,1-2H3,(H,31,32)/p+1. The molecule has 10 nitrogen and oxygen atoms in total. The summed E-state index contributed by atoms with van der Waals surface area (Å²) in [4.78, 5) is 31.2. The summed E-state index contributed by atoms with van der Waals surface area (Å²) in [5.74, 6) is 0.256. The predicted molar refractivity (Wildman–Crippen MR) is 132 cm³/mol. The van der Waals surface area contributed by atoms with Crippen LogP contribution in [-0.2, 0) is 16.1 Å². The minimum atomic E-state index is -0.880. The topological polar surface area (TPSA) is 114 Å². The Hall–Kier alpha value is -4.47. The number of rotatable bonds is 8. The van der Waals surface area contributed by atoms with Crippen LogP contribution in [0.2, 0.25) is 0 Å². The van der Waals surface area contributed by atoms with E-state index in [0.29, 0.717) is 60.3 Å². The molecule has 5 rings (SSSR count). The number of carbonyl (C=O) groups is 2. The summed E-state index contributed by atoms with van der Waals surface area (Å²) in [6.07, 6.45) is 6.10. The number of H-pyrrole nitrogens is 1. The van der Waals surface area contributed by atoms with Gasteiger partial charge in [-0.05, 0) is 36.4 Å². The Labute approximate surface area is 213 Å². The van der Waals surface area contributed by atoms with Crippen LogP contribution in [0.4, 0.5) is 0 Å². The van der Waals surface area contributed by atoms with E-state index < -0.39 is 17.7 Å². The van der Waals surface area contributed by atoms with E-state index in [-0.39, 0.29) is 17.9 Å². The van der Waals surface area contributed by atoms with Crippen molar-refractivity contribution in [2.45, 2.75) is 19.0 Å². The van der Waals surface area contributed by atoms with E-state index in [9.17, 15) is 14.7 Å². The molecule has 0 radical (unpaired) electrons. The molecule has 37 heavy (non-hydrogen) atoms. The van der Waals surface area contributed by atoms with Crippen LogP contribution in [0.15, 0.2) is 60.7 Å². The number of nitrogens with one attached hydrogen (secondary N) is 1. The monoisotopic (exact) mass is 506 g/mol. The molecule has 2 aliphatic heterocycles. The summed E-state index contributed by atoms with van der Waals surface area (Å²) < 4.78 is 24.2. The highest BCUT2D eigenvalue weighted by Crippen LogP contribution is 2.44. The Morgan fingerprint density at radius 2 is 1.92 bits per heavy atom. The third kappa shape index (κ3) is 4.57. The summed E-state index contributed by atoms with van der Waals surface area (Å²) in [6.45, 7) is 1.73. The molecule has 1 fully saturated rings. The molecule has 192 valence electrons. The summed E-state index contributed by atoms with van der Waals surface area (Å²) in [5, 5.41) is 11.4. The molecule has 2 aliphatic rings. The Kier molecular flexibility index (Phi) is 6.72. The number of aromatic nitrogens is 2. The number of ketones is 1. The lowest BCUT2D eigenvalue weighted by Crippen LogP contribution is -2.36. The normalized spacial score (nSPS) is 18.2. The third-order valence-electron chi connectivity index (χ3n) is 6.50. The first-order chi connectivity index (χ1) is 18.0. The fourth-order valence-corrected chi connectivity index (χ4v) is 4.72. The number of imidazole rings is 1. The predicted octanol–water partition coefficient (Wildman–Crippen LogP) is 2.60. The number of aliphatic hydroxyl groups excluding tert-OH is 1. The van der Waals surface area contributed by atoms with Crippen LogP contribution >= 0.6 is 0 Å². The van der Waals surface area contributed by atoms with Gasteiger partial charge in [-0.15, -0.1) is 0 Å². The number of fused-ring (bicyclic) bond motifs is 1. The maximum absolute atomic E-state index is 13.4. The zero-order valence-corrected chi connectivity index (χ0v) is 20.6. The number of hydrogen-bond donors (Lipinski definition) is 2. The van der Waals surface area contributed by atoms with Gasteiger partial charge in [0, 0.05) is 24.1 Å². The van der Waals surface area contributed by atoms with Gasteiger partial charge in [0.2, 0.25) is 6.33 Å². The second kappa shape index (κ2) is 10.3. The minimum absolute atomic E-state index is 0.0254. The number of carbonyl (C=O) groups excluding carboxylic acids is 2. The van der Waals surface area contributed by atoms with Crippen LogP contribution in [0.5, 0.6) is 23.0 Å².